The van der Waals surface area contributed by atoms with E-state index in [0.717, 1.165) is 16.8 Å². The van der Waals surface area contributed by atoms with E-state index in [2.05, 4.69) is 31.5 Å². The Hall–Kier alpha value is -1.59. The second-order valence-corrected chi connectivity index (χ2v) is 5.33. The molecule has 0 aliphatic rings. The molecule has 0 unspecified atom stereocenters. The molecule has 0 fully saturated rings. The number of carbonyl (C=O) groups is 1. The third-order valence-corrected chi connectivity index (χ3v) is 3.45. The maximum absolute atomic E-state index is 12.1. The Labute approximate surface area is 130 Å². The molecular weight excluding hydrogens is 342 g/mol. The smallest absolute Gasteiger partial charge is 0.257 e. The fourth-order valence-electron chi connectivity index (χ4n) is 1.60. The fraction of sp³-hybridized carbons (Fsp3) is 0.143. The number of halogens is 2. The molecule has 6 heteroatoms. The number of pyridine rings is 1. The zero-order chi connectivity index (χ0) is 14.5. The largest absolute Gasteiger partial charge is 0.370 e. The van der Waals surface area contributed by atoms with E-state index in [1.807, 2.05) is 6.92 Å². The summed E-state index contributed by atoms with van der Waals surface area (Å²) in [6.07, 6.45) is 1.54. The van der Waals surface area contributed by atoms with Crippen LogP contribution in [0.4, 0.5) is 11.5 Å². The van der Waals surface area contributed by atoms with Crippen LogP contribution in [0.5, 0.6) is 0 Å². The van der Waals surface area contributed by atoms with Gasteiger partial charge in [0.15, 0.2) is 0 Å². The van der Waals surface area contributed by atoms with Gasteiger partial charge in [0, 0.05) is 22.2 Å². The predicted molar refractivity (Wildman–Crippen MR) is 85.5 cm³/mol. The normalized spacial score (nSPS) is 10.2. The highest BCUT2D eigenvalue weighted by atomic mass is 79.9. The van der Waals surface area contributed by atoms with Gasteiger partial charge >= 0.3 is 0 Å². The second-order valence-electron chi connectivity index (χ2n) is 4.04. The lowest BCUT2D eigenvalue weighted by atomic mass is 10.2. The summed E-state index contributed by atoms with van der Waals surface area (Å²) in [4.78, 5) is 16.3. The summed E-state index contributed by atoms with van der Waals surface area (Å²) in [5.74, 6) is 0.528. The zero-order valence-corrected chi connectivity index (χ0v) is 13.1. The van der Waals surface area contributed by atoms with Gasteiger partial charge in [-0.3, -0.25) is 4.79 Å². The molecule has 1 amide bonds. The van der Waals surface area contributed by atoms with Crippen LogP contribution in [0.2, 0.25) is 5.02 Å². The zero-order valence-electron chi connectivity index (χ0n) is 10.8. The maximum atomic E-state index is 12.1. The summed E-state index contributed by atoms with van der Waals surface area (Å²) in [5, 5.41) is 6.48. The van der Waals surface area contributed by atoms with Crippen LogP contribution < -0.4 is 10.6 Å². The van der Waals surface area contributed by atoms with E-state index in [0.29, 0.717) is 16.3 Å². The number of hydrogen-bond acceptors (Lipinski definition) is 3. The van der Waals surface area contributed by atoms with Crippen LogP contribution in [-0.4, -0.2) is 17.4 Å². The second kappa shape index (κ2) is 6.72. The average molecular weight is 355 g/mol. The minimum Gasteiger partial charge on any atom is -0.370 e. The molecule has 2 aromatic rings. The molecule has 1 aromatic heterocycles. The van der Waals surface area contributed by atoms with Crippen LogP contribution in [0.25, 0.3) is 0 Å². The summed E-state index contributed by atoms with van der Waals surface area (Å²) >= 11 is 9.21. The summed E-state index contributed by atoms with van der Waals surface area (Å²) < 4.78 is 0.732. The van der Waals surface area contributed by atoms with E-state index in [1.54, 1.807) is 30.3 Å². The van der Waals surface area contributed by atoms with Crippen molar-refractivity contribution in [3.63, 3.8) is 0 Å². The Morgan fingerprint density at radius 3 is 2.75 bits per heavy atom. The fourth-order valence-corrected chi connectivity index (χ4v) is 2.38. The molecule has 2 rings (SSSR count). The number of nitrogens with zero attached hydrogens (tertiary/aromatic N) is 1. The Kier molecular flexibility index (Phi) is 4.98. The minimum atomic E-state index is -0.219. The molecule has 4 nitrogen and oxygen atoms in total. The van der Waals surface area contributed by atoms with Crippen LogP contribution in [0.15, 0.2) is 41.0 Å². The molecule has 0 saturated carbocycles. The van der Waals surface area contributed by atoms with Crippen molar-refractivity contribution in [2.75, 3.05) is 17.2 Å². The van der Waals surface area contributed by atoms with Crippen molar-refractivity contribution in [2.24, 2.45) is 0 Å². The first-order valence-corrected chi connectivity index (χ1v) is 7.23. The van der Waals surface area contributed by atoms with Crippen LogP contribution in [0, 0.1) is 0 Å². The third kappa shape index (κ3) is 3.71. The predicted octanol–water partition coefficient (Wildman–Crippen LogP) is 4.18. The van der Waals surface area contributed by atoms with Gasteiger partial charge in [0.2, 0.25) is 0 Å². The van der Waals surface area contributed by atoms with Crippen molar-refractivity contribution in [1.82, 2.24) is 4.98 Å². The van der Waals surface area contributed by atoms with Crippen molar-refractivity contribution in [3.05, 3.63) is 51.6 Å². The van der Waals surface area contributed by atoms with Gasteiger partial charge in [0.25, 0.3) is 5.91 Å². The number of anilines is 2. The van der Waals surface area contributed by atoms with Crippen molar-refractivity contribution in [1.29, 1.82) is 0 Å². The molecule has 1 heterocycles. The first kappa shape index (κ1) is 14.8. The first-order valence-electron chi connectivity index (χ1n) is 6.06. The lowest BCUT2D eigenvalue weighted by Gasteiger charge is -2.08. The van der Waals surface area contributed by atoms with Crippen molar-refractivity contribution >= 4 is 44.9 Å². The van der Waals surface area contributed by atoms with Crippen LogP contribution in [0.1, 0.15) is 17.3 Å². The standard InChI is InChI=1S/C14H13BrClN3O/c1-2-17-13-6-3-9(8-18-13)14(20)19-12-5-4-10(16)7-11(12)15/h3-8H,2H2,1H3,(H,17,18)(H,19,20). The van der Waals surface area contributed by atoms with Crippen LogP contribution >= 0.6 is 27.5 Å². The van der Waals surface area contributed by atoms with Gasteiger partial charge in [-0.05, 0) is 53.2 Å². The molecule has 0 aliphatic carbocycles. The number of aromatic nitrogens is 1. The van der Waals surface area contributed by atoms with Gasteiger partial charge in [-0.15, -0.1) is 0 Å². The average Bonchev–Trinajstić information content (AvgIpc) is 2.43. The van der Waals surface area contributed by atoms with E-state index >= 15 is 0 Å². The Bertz CT molecular complexity index is 616. The molecule has 0 saturated heterocycles. The van der Waals surface area contributed by atoms with E-state index < -0.39 is 0 Å². The monoisotopic (exact) mass is 353 g/mol. The topological polar surface area (TPSA) is 54.0 Å². The Morgan fingerprint density at radius 2 is 2.15 bits per heavy atom. The molecule has 2 N–H and O–H groups in total. The summed E-state index contributed by atoms with van der Waals surface area (Å²) in [7, 11) is 0. The van der Waals surface area contributed by atoms with E-state index in [9.17, 15) is 4.79 Å². The van der Waals surface area contributed by atoms with Gasteiger partial charge in [0.05, 0.1) is 11.3 Å². The maximum Gasteiger partial charge on any atom is 0.257 e. The highest BCUT2D eigenvalue weighted by Crippen LogP contribution is 2.26. The first-order chi connectivity index (χ1) is 9.60. The molecule has 104 valence electrons. The summed E-state index contributed by atoms with van der Waals surface area (Å²) in [5.41, 5.74) is 1.16. The van der Waals surface area contributed by atoms with Gasteiger partial charge in [-0.2, -0.15) is 0 Å². The summed E-state index contributed by atoms with van der Waals surface area (Å²) in [6.45, 7) is 2.77. The quantitative estimate of drug-likeness (QED) is 0.866. The number of hydrogen-bond donors (Lipinski definition) is 2. The van der Waals surface area contributed by atoms with E-state index in [1.165, 1.54) is 6.20 Å². The van der Waals surface area contributed by atoms with Crippen LogP contribution in [0.3, 0.4) is 0 Å². The van der Waals surface area contributed by atoms with Gasteiger partial charge in [-0.25, -0.2) is 4.98 Å². The number of benzene rings is 1. The van der Waals surface area contributed by atoms with E-state index in [4.69, 9.17) is 11.6 Å². The Balaban J connectivity index is 2.11. The number of carbonyl (C=O) groups excluding carboxylic acids is 1. The van der Waals surface area contributed by atoms with Crippen molar-refractivity contribution < 1.29 is 4.79 Å². The summed E-state index contributed by atoms with van der Waals surface area (Å²) in [6, 6.07) is 8.68. The molecule has 20 heavy (non-hydrogen) atoms. The van der Waals surface area contributed by atoms with Gasteiger partial charge in [-0.1, -0.05) is 11.6 Å². The molecule has 0 aliphatic heterocycles. The molecular formula is C14H13BrClN3O. The minimum absolute atomic E-state index is 0.219. The number of amides is 1. The van der Waals surface area contributed by atoms with Gasteiger partial charge in [0.1, 0.15) is 5.82 Å². The lowest BCUT2D eigenvalue weighted by Crippen LogP contribution is -2.13. The highest BCUT2D eigenvalue weighted by molar-refractivity contribution is 9.10. The van der Waals surface area contributed by atoms with Crippen molar-refractivity contribution in [2.45, 2.75) is 6.92 Å². The molecule has 0 atom stereocenters. The molecule has 1 aromatic carbocycles. The number of nitrogens with one attached hydrogen (secondary N) is 2. The van der Waals surface area contributed by atoms with Crippen LogP contribution in [-0.2, 0) is 0 Å². The van der Waals surface area contributed by atoms with Gasteiger partial charge < -0.3 is 10.6 Å². The Morgan fingerprint density at radius 1 is 1.35 bits per heavy atom. The molecule has 0 radical (unpaired) electrons. The lowest BCUT2D eigenvalue weighted by molar-refractivity contribution is 0.102. The SMILES string of the molecule is CCNc1ccc(C(=O)Nc2ccc(Cl)cc2Br)cn1. The molecule has 0 spiro atoms. The van der Waals surface area contributed by atoms with Crippen molar-refractivity contribution in [3.8, 4) is 0 Å². The highest BCUT2D eigenvalue weighted by Gasteiger charge is 2.09. The molecule has 0 bridgehead atoms. The van der Waals surface area contributed by atoms with E-state index in [-0.39, 0.29) is 5.91 Å². The third-order valence-electron chi connectivity index (χ3n) is 2.56. The number of rotatable bonds is 4.